The highest BCUT2D eigenvalue weighted by Crippen LogP contribution is 2.34. The van der Waals surface area contributed by atoms with Crippen molar-refractivity contribution in [2.75, 3.05) is 12.9 Å². The molecule has 5 nitrogen and oxygen atoms in total. The van der Waals surface area contributed by atoms with Crippen LogP contribution >= 0.6 is 11.3 Å². The van der Waals surface area contributed by atoms with E-state index in [9.17, 15) is 13.2 Å². The Morgan fingerprint density at radius 2 is 2.25 bits per heavy atom. The van der Waals surface area contributed by atoms with E-state index in [1.807, 2.05) is 0 Å². The van der Waals surface area contributed by atoms with E-state index in [0.717, 1.165) is 17.6 Å². The quantitative estimate of drug-likeness (QED) is 0.614. The summed E-state index contributed by atoms with van der Waals surface area (Å²) in [5.41, 5.74) is -0.0319. The van der Waals surface area contributed by atoms with Crippen LogP contribution in [0.4, 0.5) is 5.69 Å². The third-order valence-corrected chi connectivity index (χ3v) is 4.55. The molecule has 86 valence electrons. The summed E-state index contributed by atoms with van der Waals surface area (Å²) in [6.45, 7) is 8.69. The SMILES string of the molecule is [C-]#[N+]c1cc(C(=O)OCC)sc1S(C)(=O)=O. The molecule has 0 fully saturated rings. The monoisotopic (exact) mass is 259 g/mol. The maximum atomic E-state index is 11.3. The fraction of sp³-hybridized carbons (Fsp3) is 0.333. The lowest BCUT2D eigenvalue weighted by Gasteiger charge is -1.96. The minimum atomic E-state index is -3.48. The van der Waals surface area contributed by atoms with Gasteiger partial charge in [-0.25, -0.2) is 18.1 Å². The zero-order chi connectivity index (χ0) is 12.3. The molecule has 0 saturated carbocycles. The van der Waals surface area contributed by atoms with E-state index in [4.69, 9.17) is 11.3 Å². The van der Waals surface area contributed by atoms with Crippen molar-refractivity contribution in [3.05, 3.63) is 22.4 Å². The minimum absolute atomic E-state index is 0.0319. The van der Waals surface area contributed by atoms with E-state index in [0.29, 0.717) is 0 Å². The first-order valence-corrected chi connectivity index (χ1v) is 6.99. The fourth-order valence-electron chi connectivity index (χ4n) is 1.01. The van der Waals surface area contributed by atoms with Gasteiger partial charge in [-0.3, -0.25) is 0 Å². The van der Waals surface area contributed by atoms with Gasteiger partial charge < -0.3 is 4.74 Å². The number of nitrogens with zero attached hydrogens (tertiary/aromatic N) is 1. The van der Waals surface area contributed by atoms with Gasteiger partial charge in [0.25, 0.3) is 0 Å². The number of rotatable bonds is 3. The molecule has 0 atom stereocenters. The number of sulfone groups is 1. The molecule has 1 rings (SSSR count). The van der Waals surface area contributed by atoms with Crippen molar-refractivity contribution in [1.82, 2.24) is 0 Å². The third-order valence-electron chi connectivity index (χ3n) is 1.61. The summed E-state index contributed by atoms with van der Waals surface area (Å²) in [6.07, 6.45) is 1.00. The highest BCUT2D eigenvalue weighted by molar-refractivity contribution is 7.93. The molecule has 0 radical (unpaired) electrons. The van der Waals surface area contributed by atoms with Crippen LogP contribution in [0.5, 0.6) is 0 Å². The lowest BCUT2D eigenvalue weighted by Crippen LogP contribution is -2.01. The topological polar surface area (TPSA) is 64.8 Å². The lowest BCUT2D eigenvalue weighted by molar-refractivity contribution is 0.0532. The second kappa shape index (κ2) is 4.63. The summed E-state index contributed by atoms with van der Waals surface area (Å²) in [5, 5.41) is 0. The van der Waals surface area contributed by atoms with Crippen LogP contribution in [0, 0.1) is 6.57 Å². The van der Waals surface area contributed by atoms with E-state index >= 15 is 0 Å². The second-order valence-corrected chi connectivity index (χ2v) is 6.15. The second-order valence-electron chi connectivity index (χ2n) is 2.89. The van der Waals surface area contributed by atoms with Gasteiger partial charge in [-0.05, 0) is 13.0 Å². The summed E-state index contributed by atoms with van der Waals surface area (Å²) < 4.78 is 27.3. The number of hydrogen-bond acceptors (Lipinski definition) is 5. The van der Waals surface area contributed by atoms with Gasteiger partial charge in [0.05, 0.1) is 13.2 Å². The lowest BCUT2D eigenvalue weighted by atomic mass is 10.4. The Kier molecular flexibility index (Phi) is 3.67. The predicted molar refractivity (Wildman–Crippen MR) is 59.6 cm³/mol. The summed E-state index contributed by atoms with van der Waals surface area (Å²) in [7, 11) is -3.48. The fourth-order valence-corrected chi connectivity index (χ4v) is 3.09. The summed E-state index contributed by atoms with van der Waals surface area (Å²) in [5.74, 6) is -0.604. The number of ether oxygens (including phenoxy) is 1. The number of hydrogen-bond donors (Lipinski definition) is 0. The highest BCUT2D eigenvalue weighted by Gasteiger charge is 2.21. The first kappa shape index (κ1) is 12.7. The molecule has 0 spiro atoms. The van der Waals surface area contributed by atoms with Gasteiger partial charge >= 0.3 is 5.97 Å². The molecular formula is C9H9NO4S2. The molecule has 0 aliphatic carbocycles. The van der Waals surface area contributed by atoms with Gasteiger partial charge in [0.1, 0.15) is 9.09 Å². The van der Waals surface area contributed by atoms with Gasteiger partial charge in [0.2, 0.25) is 5.69 Å². The maximum absolute atomic E-state index is 11.3. The zero-order valence-electron chi connectivity index (χ0n) is 8.68. The van der Waals surface area contributed by atoms with Crippen molar-refractivity contribution in [2.24, 2.45) is 0 Å². The molecule has 1 aromatic rings. The summed E-state index contributed by atoms with van der Waals surface area (Å²) >= 11 is 0.763. The highest BCUT2D eigenvalue weighted by atomic mass is 32.2. The molecule has 0 aliphatic heterocycles. The molecule has 0 unspecified atom stereocenters. The van der Waals surface area contributed by atoms with Crippen LogP contribution in [0.15, 0.2) is 10.3 Å². The molecule has 0 saturated heterocycles. The summed E-state index contributed by atoms with van der Waals surface area (Å²) in [6, 6.07) is 1.24. The number of carbonyl (C=O) groups excluding carboxylic acids is 1. The molecular weight excluding hydrogens is 250 g/mol. The number of esters is 1. The van der Waals surface area contributed by atoms with Crippen molar-refractivity contribution < 1.29 is 17.9 Å². The van der Waals surface area contributed by atoms with Crippen molar-refractivity contribution >= 4 is 32.8 Å². The molecule has 0 aliphatic rings. The van der Waals surface area contributed by atoms with Gasteiger partial charge in [0, 0.05) is 6.26 Å². The van der Waals surface area contributed by atoms with Crippen molar-refractivity contribution in [3.63, 3.8) is 0 Å². The van der Waals surface area contributed by atoms with E-state index in [1.54, 1.807) is 6.92 Å². The standard InChI is InChI=1S/C9H9NO4S2/c1-4-14-8(11)7-5-6(10-2)9(15-7)16(3,12)13/h5H,4H2,1,3H3. The van der Waals surface area contributed by atoms with Crippen LogP contribution in [0.2, 0.25) is 0 Å². The molecule has 0 N–H and O–H groups in total. The number of carbonyl (C=O) groups is 1. The maximum Gasteiger partial charge on any atom is 0.346 e. The Labute approximate surface area is 97.4 Å². The van der Waals surface area contributed by atoms with Crippen molar-refractivity contribution in [2.45, 2.75) is 11.1 Å². The van der Waals surface area contributed by atoms with Crippen molar-refractivity contribution in [1.29, 1.82) is 0 Å². The first-order valence-electron chi connectivity index (χ1n) is 4.28. The average molecular weight is 259 g/mol. The van der Waals surface area contributed by atoms with Crippen LogP contribution in [0.25, 0.3) is 4.85 Å². The molecule has 1 heterocycles. The van der Waals surface area contributed by atoms with Gasteiger partial charge in [-0.2, -0.15) is 0 Å². The van der Waals surface area contributed by atoms with Crippen LogP contribution in [0.3, 0.4) is 0 Å². The van der Waals surface area contributed by atoms with Gasteiger partial charge in [0.15, 0.2) is 9.84 Å². The minimum Gasteiger partial charge on any atom is -0.462 e. The Morgan fingerprint density at radius 3 is 2.62 bits per heavy atom. The van der Waals surface area contributed by atoms with Gasteiger partial charge in [-0.1, -0.05) is 0 Å². The molecule has 16 heavy (non-hydrogen) atoms. The summed E-state index contributed by atoms with van der Waals surface area (Å²) in [4.78, 5) is 14.5. The van der Waals surface area contributed by atoms with Crippen LogP contribution < -0.4 is 0 Å². The molecule has 1 aromatic heterocycles. The Morgan fingerprint density at radius 1 is 1.62 bits per heavy atom. The largest absolute Gasteiger partial charge is 0.462 e. The smallest absolute Gasteiger partial charge is 0.346 e. The molecule has 0 aromatic carbocycles. The Hall–Kier alpha value is -1.39. The molecule has 0 bridgehead atoms. The Bertz CT molecular complexity index is 551. The molecule has 7 heteroatoms. The molecule has 0 amide bonds. The Balaban J connectivity index is 3.25. The van der Waals surface area contributed by atoms with Crippen molar-refractivity contribution in [3.8, 4) is 0 Å². The zero-order valence-corrected chi connectivity index (χ0v) is 10.3. The normalized spacial score (nSPS) is 10.8. The van der Waals surface area contributed by atoms with Crippen LogP contribution in [-0.4, -0.2) is 27.2 Å². The van der Waals surface area contributed by atoms with E-state index in [2.05, 4.69) is 4.85 Å². The van der Waals surface area contributed by atoms with Crippen LogP contribution in [-0.2, 0) is 14.6 Å². The van der Waals surface area contributed by atoms with E-state index in [-0.39, 0.29) is 21.4 Å². The van der Waals surface area contributed by atoms with Crippen LogP contribution in [0.1, 0.15) is 16.6 Å². The predicted octanol–water partition coefficient (Wildman–Crippen LogP) is 1.88. The number of thiophene rings is 1. The van der Waals surface area contributed by atoms with Gasteiger partial charge in [-0.15, -0.1) is 11.3 Å². The first-order chi connectivity index (χ1) is 7.40. The van der Waals surface area contributed by atoms with E-state index in [1.165, 1.54) is 6.07 Å². The average Bonchev–Trinajstić information content (AvgIpc) is 2.61. The third kappa shape index (κ3) is 2.59. The van der Waals surface area contributed by atoms with E-state index < -0.39 is 15.8 Å².